The highest BCUT2D eigenvalue weighted by molar-refractivity contribution is 7.98. The molecule has 0 bridgehead atoms. The number of ether oxygens (including phenoxy) is 1. The Balaban J connectivity index is 2.22. The molecule has 1 aliphatic carbocycles. The average molecular weight is 206 g/mol. The van der Waals surface area contributed by atoms with Crippen molar-refractivity contribution >= 4 is 11.8 Å². The number of pyridine rings is 1. The van der Waals surface area contributed by atoms with Gasteiger partial charge in [0.2, 0.25) is 0 Å². The maximum absolute atomic E-state index is 8.77. The summed E-state index contributed by atoms with van der Waals surface area (Å²) in [4.78, 5) is 4.92. The molecule has 2 rings (SSSR count). The second-order valence-corrected chi connectivity index (χ2v) is 4.00. The molecule has 1 fully saturated rings. The Morgan fingerprint density at radius 1 is 1.64 bits per heavy atom. The highest BCUT2D eigenvalue weighted by Gasteiger charge is 2.23. The van der Waals surface area contributed by atoms with Crippen LogP contribution in [0.25, 0.3) is 0 Å². The predicted molar refractivity (Wildman–Crippen MR) is 54.4 cm³/mol. The van der Waals surface area contributed by atoms with Crippen LogP contribution in [-0.2, 0) is 0 Å². The van der Waals surface area contributed by atoms with Crippen LogP contribution in [0.15, 0.2) is 17.2 Å². The van der Waals surface area contributed by atoms with Gasteiger partial charge in [0.05, 0.1) is 12.3 Å². The molecule has 1 aromatic heterocycles. The van der Waals surface area contributed by atoms with Crippen LogP contribution in [0.4, 0.5) is 0 Å². The van der Waals surface area contributed by atoms with Crippen LogP contribution in [0, 0.1) is 11.3 Å². The molecule has 0 saturated heterocycles. The number of aromatic nitrogens is 1. The number of nitrogens with zero attached hydrogens (tertiary/aromatic N) is 2. The minimum atomic E-state index is 0.374. The molecule has 1 aliphatic rings. The van der Waals surface area contributed by atoms with Crippen molar-refractivity contribution in [2.75, 3.05) is 6.26 Å². The van der Waals surface area contributed by atoms with Crippen molar-refractivity contribution in [3.05, 3.63) is 18.0 Å². The first-order chi connectivity index (χ1) is 6.83. The molecule has 1 saturated carbocycles. The SMILES string of the molecule is CSc1cc(OC2CC2)cnc1C#N. The molecule has 0 unspecified atom stereocenters. The van der Waals surface area contributed by atoms with E-state index in [0.29, 0.717) is 11.8 Å². The first-order valence-electron chi connectivity index (χ1n) is 4.44. The van der Waals surface area contributed by atoms with Gasteiger partial charge in [-0.1, -0.05) is 0 Å². The molecule has 0 aliphatic heterocycles. The zero-order valence-corrected chi connectivity index (χ0v) is 8.67. The second-order valence-electron chi connectivity index (χ2n) is 3.15. The average Bonchev–Trinajstić information content (AvgIpc) is 3.01. The highest BCUT2D eigenvalue weighted by atomic mass is 32.2. The van der Waals surface area contributed by atoms with Crippen LogP contribution in [0.1, 0.15) is 18.5 Å². The Morgan fingerprint density at radius 2 is 2.43 bits per heavy atom. The van der Waals surface area contributed by atoms with Gasteiger partial charge in [-0.05, 0) is 25.2 Å². The van der Waals surface area contributed by atoms with E-state index in [4.69, 9.17) is 10.00 Å². The molecule has 14 heavy (non-hydrogen) atoms. The molecule has 0 atom stereocenters. The van der Waals surface area contributed by atoms with Crippen LogP contribution in [0.3, 0.4) is 0 Å². The molecular weight excluding hydrogens is 196 g/mol. The van der Waals surface area contributed by atoms with Gasteiger partial charge < -0.3 is 4.74 Å². The minimum Gasteiger partial charge on any atom is -0.489 e. The van der Waals surface area contributed by atoms with Crippen LogP contribution < -0.4 is 4.74 Å². The van der Waals surface area contributed by atoms with E-state index in [0.717, 1.165) is 23.5 Å². The molecular formula is C10H10N2OS. The quantitative estimate of drug-likeness (QED) is 0.711. The molecule has 0 amide bonds. The van der Waals surface area contributed by atoms with Crippen molar-refractivity contribution in [3.8, 4) is 11.8 Å². The largest absolute Gasteiger partial charge is 0.489 e. The van der Waals surface area contributed by atoms with E-state index in [1.165, 1.54) is 11.8 Å². The van der Waals surface area contributed by atoms with Crippen LogP contribution >= 0.6 is 11.8 Å². The van der Waals surface area contributed by atoms with Gasteiger partial charge in [-0.25, -0.2) is 4.98 Å². The summed E-state index contributed by atoms with van der Waals surface area (Å²) in [7, 11) is 0. The van der Waals surface area contributed by atoms with Crippen LogP contribution in [-0.4, -0.2) is 17.3 Å². The Hall–Kier alpha value is -1.21. The Kier molecular flexibility index (Phi) is 2.60. The maximum atomic E-state index is 8.77. The fraction of sp³-hybridized carbons (Fsp3) is 0.400. The van der Waals surface area contributed by atoms with E-state index < -0.39 is 0 Å². The van der Waals surface area contributed by atoms with Crippen molar-refractivity contribution in [1.82, 2.24) is 4.98 Å². The van der Waals surface area contributed by atoms with E-state index in [9.17, 15) is 0 Å². The first kappa shape index (κ1) is 9.35. The molecule has 1 aromatic rings. The van der Waals surface area contributed by atoms with Crippen LogP contribution in [0.5, 0.6) is 5.75 Å². The lowest BCUT2D eigenvalue weighted by atomic mass is 10.3. The number of hydrogen-bond acceptors (Lipinski definition) is 4. The van der Waals surface area contributed by atoms with Crippen molar-refractivity contribution in [3.63, 3.8) is 0 Å². The third-order valence-corrected chi connectivity index (χ3v) is 2.73. The zero-order chi connectivity index (χ0) is 9.97. The highest BCUT2D eigenvalue weighted by Crippen LogP contribution is 2.29. The molecule has 4 heteroatoms. The summed E-state index contributed by atoms with van der Waals surface area (Å²) in [6.07, 6.45) is 6.19. The summed E-state index contributed by atoms with van der Waals surface area (Å²) >= 11 is 1.52. The van der Waals surface area contributed by atoms with Crippen LogP contribution in [0.2, 0.25) is 0 Å². The third-order valence-electron chi connectivity index (χ3n) is 1.98. The topological polar surface area (TPSA) is 45.9 Å². The van der Waals surface area contributed by atoms with Crippen molar-refractivity contribution in [1.29, 1.82) is 5.26 Å². The van der Waals surface area contributed by atoms with Crippen molar-refractivity contribution < 1.29 is 4.74 Å². The van der Waals surface area contributed by atoms with Gasteiger partial charge in [-0.3, -0.25) is 0 Å². The lowest BCUT2D eigenvalue weighted by Gasteiger charge is -2.05. The van der Waals surface area contributed by atoms with Gasteiger partial charge in [-0.2, -0.15) is 5.26 Å². The standard InChI is InChI=1S/C10H10N2OS/c1-14-10-4-8(13-7-2-3-7)6-12-9(10)5-11/h4,6-7H,2-3H2,1H3. The number of nitriles is 1. The monoisotopic (exact) mass is 206 g/mol. The maximum Gasteiger partial charge on any atom is 0.154 e. The van der Waals surface area contributed by atoms with E-state index >= 15 is 0 Å². The third kappa shape index (κ3) is 1.99. The molecule has 72 valence electrons. The molecule has 0 spiro atoms. The summed E-state index contributed by atoms with van der Waals surface area (Å²) < 4.78 is 5.58. The van der Waals surface area contributed by atoms with Gasteiger partial charge in [0.15, 0.2) is 5.69 Å². The first-order valence-corrected chi connectivity index (χ1v) is 5.66. The van der Waals surface area contributed by atoms with E-state index in [1.807, 2.05) is 12.3 Å². The van der Waals surface area contributed by atoms with E-state index in [2.05, 4.69) is 11.1 Å². The van der Waals surface area contributed by atoms with E-state index in [1.54, 1.807) is 6.20 Å². The molecule has 0 aromatic carbocycles. The minimum absolute atomic E-state index is 0.374. The van der Waals surface area contributed by atoms with Gasteiger partial charge in [0.25, 0.3) is 0 Å². The summed E-state index contributed by atoms with van der Waals surface area (Å²) in [5.74, 6) is 0.774. The summed E-state index contributed by atoms with van der Waals surface area (Å²) in [5.41, 5.74) is 0.473. The Morgan fingerprint density at radius 3 is 3.00 bits per heavy atom. The Labute approximate surface area is 87.1 Å². The fourth-order valence-corrected chi connectivity index (χ4v) is 1.63. The van der Waals surface area contributed by atoms with Crippen molar-refractivity contribution in [2.24, 2.45) is 0 Å². The molecule has 0 N–H and O–H groups in total. The van der Waals surface area contributed by atoms with Gasteiger partial charge in [0.1, 0.15) is 11.8 Å². The van der Waals surface area contributed by atoms with E-state index in [-0.39, 0.29) is 0 Å². The van der Waals surface area contributed by atoms with Crippen molar-refractivity contribution in [2.45, 2.75) is 23.8 Å². The number of thioether (sulfide) groups is 1. The molecule has 1 heterocycles. The summed E-state index contributed by atoms with van der Waals surface area (Å²) in [5, 5.41) is 8.77. The van der Waals surface area contributed by atoms with Gasteiger partial charge >= 0.3 is 0 Å². The molecule has 0 radical (unpaired) electrons. The number of hydrogen-bond donors (Lipinski definition) is 0. The normalized spacial score (nSPS) is 14.9. The smallest absolute Gasteiger partial charge is 0.154 e. The lowest BCUT2D eigenvalue weighted by molar-refractivity contribution is 0.301. The van der Waals surface area contributed by atoms with Gasteiger partial charge in [-0.15, -0.1) is 11.8 Å². The Bertz CT molecular complexity index is 382. The summed E-state index contributed by atoms with van der Waals surface area (Å²) in [6.45, 7) is 0. The molecule has 3 nitrogen and oxygen atoms in total. The second kappa shape index (κ2) is 3.89. The number of rotatable bonds is 3. The fourth-order valence-electron chi connectivity index (χ4n) is 1.11. The lowest BCUT2D eigenvalue weighted by Crippen LogP contribution is -1.97. The zero-order valence-electron chi connectivity index (χ0n) is 7.86. The predicted octanol–water partition coefficient (Wildman–Crippen LogP) is 2.22. The van der Waals surface area contributed by atoms with Gasteiger partial charge in [0, 0.05) is 4.90 Å². The summed E-state index contributed by atoms with van der Waals surface area (Å²) in [6, 6.07) is 3.94.